The molecule has 9 atom stereocenters. The Kier molecular flexibility index (Phi) is 6.54. The van der Waals surface area contributed by atoms with Crippen LogP contribution in [0.25, 0.3) is 5.69 Å². The second-order valence-corrected chi connectivity index (χ2v) is 21.9. The van der Waals surface area contributed by atoms with Gasteiger partial charge in [-0.25, -0.2) is 23.5 Å². The first-order valence-corrected chi connectivity index (χ1v) is 20.0. The fraction of sp³-hybridized carbons (Fsp3) is 0.722. The molecule has 8 heteroatoms. The van der Waals surface area contributed by atoms with Crippen molar-refractivity contribution in [3.05, 3.63) is 63.5 Å². The second kappa shape index (κ2) is 9.44. The number of allylic oxidation sites excluding steroid dienone is 2. The number of nitrogens with zero attached hydrogens (tertiary/aromatic N) is 3. The van der Waals surface area contributed by atoms with Gasteiger partial charge in [0.2, 0.25) is 0 Å². The van der Waals surface area contributed by atoms with Crippen molar-refractivity contribution in [2.75, 3.05) is 6.61 Å². The van der Waals surface area contributed by atoms with Gasteiger partial charge in [0.15, 0.2) is 8.32 Å². The Morgan fingerprint density at radius 3 is 2.30 bits per heavy atom. The summed E-state index contributed by atoms with van der Waals surface area (Å²) in [6, 6.07) is 9.48. The molecule has 2 spiro atoms. The Labute approximate surface area is 263 Å². The van der Waals surface area contributed by atoms with Crippen LogP contribution in [0, 0.1) is 34.5 Å². The van der Waals surface area contributed by atoms with Crippen LogP contribution in [0.1, 0.15) is 86.5 Å². The SMILES string of the molecule is C[C@H](CO)[C@H]1CC[C@@H]2[C@]1(C)CC[C@H]1[C@]23C=C[C@]2(C[C@@H](O[Si](C)(C)C(C)(C)C)CC[C@]12C)n1c(=O)n(-c2ccccc2)c(=O)n13. The van der Waals surface area contributed by atoms with Gasteiger partial charge in [0.1, 0.15) is 0 Å². The van der Waals surface area contributed by atoms with Crippen LogP contribution in [-0.2, 0) is 15.5 Å². The molecule has 1 aromatic heterocycles. The van der Waals surface area contributed by atoms with Gasteiger partial charge in [-0.1, -0.05) is 71.9 Å². The molecular formula is C36H53N3O4Si. The van der Waals surface area contributed by atoms with Gasteiger partial charge in [0.05, 0.1) is 16.8 Å². The number of para-hydroxylation sites is 1. The standard InChI is InChI=1S/C36H53N3O4Si/c1-24(23-40)27-14-15-28-33(27,5)18-17-29-34(6)19-16-26(43-44(7,8)32(2,3)4)22-35(34)20-21-36(28,29)39-31(42)37(30(41)38(35)39)25-12-10-9-11-13-25/h9-13,20-21,24,26-29,40H,14-19,22-23H2,1-8H3/t24-,26+,27-,28-,29-,33-,34-,35-,36+/m1/s1. The fourth-order valence-corrected chi connectivity index (χ4v) is 12.6. The summed E-state index contributed by atoms with van der Waals surface area (Å²) in [7, 11) is -2.06. The van der Waals surface area contributed by atoms with Crippen molar-refractivity contribution < 1.29 is 9.53 Å². The van der Waals surface area contributed by atoms with Gasteiger partial charge in [-0.05, 0) is 97.9 Å². The monoisotopic (exact) mass is 619 g/mol. The van der Waals surface area contributed by atoms with Crippen molar-refractivity contribution in [1.29, 1.82) is 0 Å². The van der Waals surface area contributed by atoms with Crippen molar-refractivity contribution >= 4 is 8.32 Å². The Bertz CT molecular complexity index is 1620. The van der Waals surface area contributed by atoms with Gasteiger partial charge < -0.3 is 9.53 Å². The van der Waals surface area contributed by atoms with E-state index in [1.54, 1.807) is 0 Å². The van der Waals surface area contributed by atoms with Crippen molar-refractivity contribution in [3.63, 3.8) is 0 Å². The topological polar surface area (TPSA) is 78.4 Å². The van der Waals surface area contributed by atoms with Crippen LogP contribution in [0.2, 0.25) is 18.1 Å². The number of hydrogen-bond donors (Lipinski definition) is 1. The molecule has 3 heterocycles. The molecule has 3 saturated carbocycles. The molecule has 2 aromatic rings. The van der Waals surface area contributed by atoms with Gasteiger partial charge in [-0.3, -0.25) is 0 Å². The normalized spacial score (nSPS) is 39.8. The lowest BCUT2D eigenvalue weighted by Gasteiger charge is -2.71. The molecule has 1 N–H and O–H groups in total. The number of benzene rings is 1. The molecule has 7 nitrogen and oxygen atoms in total. The zero-order valence-corrected chi connectivity index (χ0v) is 29.1. The lowest BCUT2D eigenvalue weighted by molar-refractivity contribution is -0.199. The summed E-state index contributed by atoms with van der Waals surface area (Å²) in [5.41, 5.74) is -1.23. The molecule has 1 aromatic carbocycles. The van der Waals surface area contributed by atoms with Crippen LogP contribution in [0.15, 0.2) is 52.1 Å². The van der Waals surface area contributed by atoms with Crippen LogP contribution in [0.3, 0.4) is 0 Å². The zero-order chi connectivity index (χ0) is 31.7. The number of aliphatic hydroxyl groups is 1. The molecule has 0 amide bonds. The van der Waals surface area contributed by atoms with E-state index < -0.39 is 19.4 Å². The smallest absolute Gasteiger partial charge is 0.352 e. The number of fused-ring (bicyclic) bond motifs is 1. The van der Waals surface area contributed by atoms with E-state index >= 15 is 0 Å². The molecule has 2 aliphatic heterocycles. The van der Waals surface area contributed by atoms with Crippen molar-refractivity contribution in [1.82, 2.24) is 13.9 Å². The summed E-state index contributed by atoms with van der Waals surface area (Å²) in [5, 5.41) is 10.3. The number of hydrogen-bond acceptors (Lipinski definition) is 4. The molecule has 44 heavy (non-hydrogen) atoms. The largest absolute Gasteiger partial charge is 0.414 e. The van der Waals surface area contributed by atoms with Crippen molar-refractivity contribution in [3.8, 4) is 5.69 Å². The number of aliphatic hydroxyl groups excluding tert-OH is 1. The molecule has 6 aliphatic rings. The maximum Gasteiger partial charge on any atom is 0.352 e. The van der Waals surface area contributed by atoms with Gasteiger partial charge in [0.25, 0.3) is 0 Å². The minimum absolute atomic E-state index is 0.0193. The summed E-state index contributed by atoms with van der Waals surface area (Å²) < 4.78 is 12.4. The van der Waals surface area contributed by atoms with E-state index in [0.29, 0.717) is 18.0 Å². The summed E-state index contributed by atoms with van der Waals surface area (Å²) in [6.07, 6.45) is 11.6. The molecule has 2 bridgehead atoms. The Hall–Kier alpha value is -2.16. The highest BCUT2D eigenvalue weighted by atomic mass is 28.4. The van der Waals surface area contributed by atoms with E-state index in [1.807, 2.05) is 39.7 Å². The van der Waals surface area contributed by atoms with Crippen LogP contribution in [-0.4, -0.2) is 40.1 Å². The van der Waals surface area contributed by atoms with Crippen LogP contribution >= 0.6 is 0 Å². The maximum atomic E-state index is 14.9. The Morgan fingerprint density at radius 1 is 0.955 bits per heavy atom. The van der Waals surface area contributed by atoms with Gasteiger partial charge >= 0.3 is 11.4 Å². The van der Waals surface area contributed by atoms with Crippen LogP contribution in [0.4, 0.5) is 0 Å². The quantitative estimate of drug-likeness (QED) is 0.309. The van der Waals surface area contributed by atoms with E-state index in [1.165, 1.54) is 4.57 Å². The highest BCUT2D eigenvalue weighted by Gasteiger charge is 2.75. The lowest BCUT2D eigenvalue weighted by atomic mass is 9.40. The van der Waals surface area contributed by atoms with E-state index in [-0.39, 0.29) is 57.7 Å². The van der Waals surface area contributed by atoms with Gasteiger partial charge in [-0.15, -0.1) is 0 Å². The third-order valence-electron chi connectivity index (χ3n) is 14.4. The summed E-state index contributed by atoms with van der Waals surface area (Å²) in [6.45, 7) is 18.7. The number of rotatable bonds is 5. The summed E-state index contributed by atoms with van der Waals surface area (Å²) in [5.74, 6) is 1.07. The third kappa shape index (κ3) is 3.56. The molecule has 0 saturated heterocycles. The highest BCUT2D eigenvalue weighted by Crippen LogP contribution is 2.74. The minimum Gasteiger partial charge on any atom is -0.414 e. The van der Waals surface area contributed by atoms with Gasteiger partial charge in [-0.2, -0.15) is 0 Å². The minimum atomic E-state index is -2.06. The Balaban J connectivity index is 1.47. The molecule has 240 valence electrons. The van der Waals surface area contributed by atoms with Gasteiger partial charge in [0, 0.05) is 24.5 Å². The van der Waals surface area contributed by atoms with E-state index in [0.717, 1.165) is 38.5 Å². The van der Waals surface area contributed by atoms with Crippen LogP contribution < -0.4 is 11.4 Å². The van der Waals surface area contributed by atoms with E-state index in [9.17, 15) is 14.7 Å². The highest BCUT2D eigenvalue weighted by molar-refractivity contribution is 6.74. The van der Waals surface area contributed by atoms with Crippen molar-refractivity contribution in [2.45, 2.75) is 122 Å². The molecule has 0 unspecified atom stereocenters. The van der Waals surface area contributed by atoms with E-state index in [2.05, 4.69) is 66.8 Å². The first-order valence-electron chi connectivity index (χ1n) is 17.1. The average molecular weight is 620 g/mol. The lowest BCUT2D eigenvalue weighted by Crippen LogP contribution is -2.76. The molecule has 0 radical (unpaired) electrons. The molecule has 4 aliphatic carbocycles. The van der Waals surface area contributed by atoms with Crippen LogP contribution in [0.5, 0.6) is 0 Å². The van der Waals surface area contributed by atoms with E-state index in [4.69, 9.17) is 4.43 Å². The predicted octanol–water partition coefficient (Wildman–Crippen LogP) is 6.43. The summed E-state index contributed by atoms with van der Waals surface area (Å²) >= 11 is 0. The molecule has 8 rings (SSSR count). The first kappa shape index (κ1) is 30.5. The molecular weight excluding hydrogens is 566 g/mol. The average Bonchev–Trinajstić information content (AvgIpc) is 3.47. The maximum absolute atomic E-state index is 14.9. The molecule has 3 fully saturated rings. The zero-order valence-electron chi connectivity index (χ0n) is 28.1. The summed E-state index contributed by atoms with van der Waals surface area (Å²) in [4.78, 5) is 29.7. The predicted molar refractivity (Wildman–Crippen MR) is 177 cm³/mol. The van der Waals surface area contributed by atoms with Crippen molar-refractivity contribution in [2.24, 2.45) is 34.5 Å². The number of aromatic nitrogens is 3. The second-order valence-electron chi connectivity index (χ2n) is 17.2. The first-order chi connectivity index (χ1) is 20.6. The third-order valence-corrected chi connectivity index (χ3v) is 18.9. The fourth-order valence-electron chi connectivity index (χ4n) is 11.2. The Morgan fingerprint density at radius 2 is 1.64 bits per heavy atom.